The second-order valence-electron chi connectivity index (χ2n) is 4.60. The summed E-state index contributed by atoms with van der Waals surface area (Å²) in [5.74, 6) is 1.05. The molecule has 1 aromatic rings. The SMILES string of the molecule is CC(Oc1ccc(Cl)cc1Br)C(=O)NCC1CNC1.Cl. The lowest BCUT2D eigenvalue weighted by Crippen LogP contribution is -2.49. The molecule has 112 valence electrons. The van der Waals surface area contributed by atoms with E-state index in [4.69, 9.17) is 16.3 Å². The highest BCUT2D eigenvalue weighted by molar-refractivity contribution is 9.10. The van der Waals surface area contributed by atoms with Gasteiger partial charge in [0, 0.05) is 30.6 Å². The van der Waals surface area contributed by atoms with Crippen molar-refractivity contribution in [1.82, 2.24) is 10.6 Å². The van der Waals surface area contributed by atoms with Crippen molar-refractivity contribution < 1.29 is 9.53 Å². The molecule has 0 aliphatic carbocycles. The first kappa shape index (κ1) is 17.6. The minimum atomic E-state index is -0.537. The molecule has 1 fully saturated rings. The predicted octanol–water partition coefficient (Wildman–Crippen LogP) is 2.63. The smallest absolute Gasteiger partial charge is 0.260 e. The van der Waals surface area contributed by atoms with Crippen LogP contribution in [-0.4, -0.2) is 31.6 Å². The lowest BCUT2D eigenvalue weighted by Gasteiger charge is -2.27. The van der Waals surface area contributed by atoms with Crippen LogP contribution in [0, 0.1) is 5.92 Å². The normalized spacial score (nSPS) is 15.8. The maximum absolute atomic E-state index is 11.9. The summed E-state index contributed by atoms with van der Waals surface area (Å²) in [6.45, 7) is 4.37. The van der Waals surface area contributed by atoms with Crippen LogP contribution in [0.3, 0.4) is 0 Å². The third kappa shape index (κ3) is 4.81. The van der Waals surface area contributed by atoms with Crippen LogP contribution in [0.25, 0.3) is 0 Å². The van der Waals surface area contributed by atoms with Crippen LogP contribution in [0.2, 0.25) is 5.02 Å². The Hall–Kier alpha value is -0.490. The summed E-state index contributed by atoms with van der Waals surface area (Å²) >= 11 is 9.21. The number of halogens is 3. The number of ether oxygens (including phenoxy) is 1. The average molecular weight is 384 g/mol. The van der Waals surface area contributed by atoms with E-state index in [1.165, 1.54) is 0 Å². The molecule has 2 N–H and O–H groups in total. The van der Waals surface area contributed by atoms with Crippen molar-refractivity contribution >= 4 is 45.8 Å². The molecule has 4 nitrogen and oxygen atoms in total. The Kier molecular flexibility index (Phi) is 7.09. The fraction of sp³-hybridized carbons (Fsp3) is 0.462. The molecule has 1 unspecified atom stereocenters. The molecule has 1 aliphatic heterocycles. The van der Waals surface area contributed by atoms with Crippen LogP contribution < -0.4 is 15.4 Å². The van der Waals surface area contributed by atoms with Gasteiger partial charge in [-0.25, -0.2) is 0 Å². The Morgan fingerprint density at radius 2 is 2.30 bits per heavy atom. The zero-order chi connectivity index (χ0) is 13.8. The highest BCUT2D eigenvalue weighted by Crippen LogP contribution is 2.28. The summed E-state index contributed by atoms with van der Waals surface area (Å²) in [5, 5.41) is 6.67. The Morgan fingerprint density at radius 1 is 1.60 bits per heavy atom. The van der Waals surface area contributed by atoms with Gasteiger partial charge in [-0.05, 0) is 41.1 Å². The number of carbonyl (C=O) groups is 1. The maximum atomic E-state index is 11.9. The van der Waals surface area contributed by atoms with Crippen LogP contribution in [0.5, 0.6) is 5.75 Å². The molecule has 2 rings (SSSR count). The van der Waals surface area contributed by atoms with Crippen LogP contribution in [0.15, 0.2) is 22.7 Å². The van der Waals surface area contributed by atoms with E-state index in [0.29, 0.717) is 23.2 Å². The molecule has 0 saturated carbocycles. The summed E-state index contributed by atoms with van der Waals surface area (Å²) in [7, 11) is 0. The lowest BCUT2D eigenvalue weighted by atomic mass is 10.0. The molecule has 1 amide bonds. The molecule has 1 aliphatic rings. The van der Waals surface area contributed by atoms with Gasteiger partial charge in [-0.2, -0.15) is 0 Å². The van der Waals surface area contributed by atoms with Gasteiger partial charge in [-0.3, -0.25) is 4.79 Å². The summed E-state index contributed by atoms with van der Waals surface area (Å²) in [6, 6.07) is 5.21. The van der Waals surface area contributed by atoms with E-state index in [1.54, 1.807) is 25.1 Å². The fourth-order valence-electron chi connectivity index (χ4n) is 1.70. The molecule has 7 heteroatoms. The van der Waals surface area contributed by atoms with E-state index in [9.17, 15) is 4.79 Å². The van der Waals surface area contributed by atoms with Crippen LogP contribution in [0.1, 0.15) is 6.92 Å². The second-order valence-corrected chi connectivity index (χ2v) is 5.90. The number of amides is 1. The molecular formula is C13H17BrCl2N2O2. The van der Waals surface area contributed by atoms with E-state index in [1.807, 2.05) is 0 Å². The van der Waals surface area contributed by atoms with Crippen molar-refractivity contribution in [3.05, 3.63) is 27.7 Å². The highest BCUT2D eigenvalue weighted by Gasteiger charge is 2.20. The molecule has 1 aromatic carbocycles. The van der Waals surface area contributed by atoms with Crippen molar-refractivity contribution in [1.29, 1.82) is 0 Å². The van der Waals surface area contributed by atoms with Gasteiger partial charge in [0.05, 0.1) is 4.47 Å². The van der Waals surface area contributed by atoms with Crippen molar-refractivity contribution in [2.24, 2.45) is 5.92 Å². The maximum Gasteiger partial charge on any atom is 0.260 e. The van der Waals surface area contributed by atoms with E-state index >= 15 is 0 Å². The summed E-state index contributed by atoms with van der Waals surface area (Å²) in [6.07, 6.45) is -0.537. The molecule has 1 saturated heterocycles. The van der Waals surface area contributed by atoms with Gasteiger partial charge < -0.3 is 15.4 Å². The molecule has 0 spiro atoms. The Bertz CT molecular complexity index is 470. The van der Waals surface area contributed by atoms with Gasteiger partial charge in [0.1, 0.15) is 5.75 Å². The highest BCUT2D eigenvalue weighted by atomic mass is 79.9. The minimum absolute atomic E-state index is 0. The molecule has 0 bridgehead atoms. The van der Waals surface area contributed by atoms with E-state index in [-0.39, 0.29) is 18.3 Å². The van der Waals surface area contributed by atoms with E-state index in [0.717, 1.165) is 17.6 Å². The van der Waals surface area contributed by atoms with Crippen molar-refractivity contribution in [3.63, 3.8) is 0 Å². The predicted molar refractivity (Wildman–Crippen MR) is 85.9 cm³/mol. The topological polar surface area (TPSA) is 50.4 Å². The molecular weight excluding hydrogens is 367 g/mol. The van der Waals surface area contributed by atoms with Crippen LogP contribution in [-0.2, 0) is 4.79 Å². The van der Waals surface area contributed by atoms with Gasteiger partial charge in [-0.15, -0.1) is 12.4 Å². The van der Waals surface area contributed by atoms with Crippen molar-refractivity contribution in [2.45, 2.75) is 13.0 Å². The number of hydrogen-bond donors (Lipinski definition) is 2. The largest absolute Gasteiger partial charge is 0.480 e. The molecule has 1 heterocycles. The second kappa shape index (κ2) is 8.08. The minimum Gasteiger partial charge on any atom is -0.480 e. The number of nitrogens with one attached hydrogen (secondary N) is 2. The first-order valence-electron chi connectivity index (χ1n) is 6.16. The fourth-order valence-corrected chi connectivity index (χ4v) is 2.47. The summed E-state index contributed by atoms with van der Waals surface area (Å²) in [5.41, 5.74) is 0. The molecule has 1 atom stereocenters. The Balaban J connectivity index is 0.00000200. The Labute approximate surface area is 138 Å². The number of rotatable bonds is 5. The quantitative estimate of drug-likeness (QED) is 0.821. The first-order valence-corrected chi connectivity index (χ1v) is 7.33. The zero-order valence-electron chi connectivity index (χ0n) is 11.0. The summed E-state index contributed by atoms with van der Waals surface area (Å²) < 4.78 is 6.35. The van der Waals surface area contributed by atoms with Crippen LogP contribution in [0.4, 0.5) is 0 Å². The van der Waals surface area contributed by atoms with Crippen LogP contribution >= 0.6 is 39.9 Å². The Morgan fingerprint density at radius 3 is 2.85 bits per heavy atom. The van der Waals surface area contributed by atoms with Gasteiger partial charge in [0.25, 0.3) is 5.91 Å². The van der Waals surface area contributed by atoms with Gasteiger partial charge in [0.15, 0.2) is 6.10 Å². The van der Waals surface area contributed by atoms with Gasteiger partial charge >= 0.3 is 0 Å². The van der Waals surface area contributed by atoms with Crippen molar-refractivity contribution in [3.8, 4) is 5.75 Å². The summed E-state index contributed by atoms with van der Waals surface area (Å²) in [4.78, 5) is 11.9. The molecule has 20 heavy (non-hydrogen) atoms. The number of carbonyl (C=O) groups excluding carboxylic acids is 1. The van der Waals surface area contributed by atoms with Crippen molar-refractivity contribution in [2.75, 3.05) is 19.6 Å². The van der Waals surface area contributed by atoms with Gasteiger partial charge in [0.2, 0.25) is 0 Å². The molecule has 0 radical (unpaired) electrons. The average Bonchev–Trinajstić information content (AvgIpc) is 2.30. The van der Waals surface area contributed by atoms with Gasteiger partial charge in [-0.1, -0.05) is 11.6 Å². The van der Waals surface area contributed by atoms with E-state index in [2.05, 4.69) is 26.6 Å². The third-order valence-electron chi connectivity index (χ3n) is 3.00. The monoisotopic (exact) mass is 382 g/mol. The van der Waals surface area contributed by atoms with E-state index < -0.39 is 6.10 Å². The standard InChI is InChI=1S/C13H16BrClN2O2.ClH/c1-8(13(18)17-7-9-5-16-6-9)19-12-3-2-10(15)4-11(12)14;/h2-4,8-9,16H,5-7H2,1H3,(H,17,18);1H. The first-order chi connectivity index (χ1) is 9.06. The molecule has 0 aromatic heterocycles. The number of benzene rings is 1. The third-order valence-corrected chi connectivity index (χ3v) is 3.85. The lowest BCUT2D eigenvalue weighted by molar-refractivity contribution is -0.127. The number of hydrogen-bond acceptors (Lipinski definition) is 3. The zero-order valence-corrected chi connectivity index (χ0v) is 14.1.